The maximum atomic E-state index is 13.4. The molecule has 0 aliphatic heterocycles. The molecule has 0 atom stereocenters. The Morgan fingerprint density at radius 3 is 2.35 bits per heavy atom. The Morgan fingerprint density at radius 2 is 1.74 bits per heavy atom. The highest BCUT2D eigenvalue weighted by Gasteiger charge is 2.08. The molecular formula is C16H17FN2O3S. The van der Waals surface area contributed by atoms with Crippen LogP contribution in [-0.2, 0) is 27.8 Å². The molecule has 5 nitrogen and oxygen atoms in total. The predicted molar refractivity (Wildman–Crippen MR) is 84.4 cm³/mol. The number of halogens is 1. The second-order valence-corrected chi connectivity index (χ2v) is 6.62. The fourth-order valence-corrected chi connectivity index (χ4v) is 2.55. The molecule has 1 amide bonds. The summed E-state index contributed by atoms with van der Waals surface area (Å²) in [7, 11) is -3.72. The molecule has 0 aliphatic rings. The van der Waals surface area contributed by atoms with Gasteiger partial charge in [0, 0.05) is 13.0 Å². The Bertz CT molecular complexity index is 789. The largest absolute Gasteiger partial charge is 0.352 e. The molecule has 0 aliphatic carbocycles. The zero-order chi connectivity index (χ0) is 16.9. The molecule has 2 rings (SSSR count). The third-order valence-electron chi connectivity index (χ3n) is 3.32. The van der Waals surface area contributed by atoms with E-state index in [1.54, 1.807) is 30.3 Å². The summed E-state index contributed by atoms with van der Waals surface area (Å²) in [6, 6.07) is 12.3. The molecule has 2 aromatic carbocycles. The van der Waals surface area contributed by atoms with Crippen LogP contribution in [0.4, 0.5) is 4.39 Å². The minimum atomic E-state index is -3.72. The Balaban J connectivity index is 1.84. The fourth-order valence-electron chi connectivity index (χ4n) is 2.04. The molecule has 0 aromatic heterocycles. The average Bonchev–Trinajstić information content (AvgIpc) is 2.51. The first-order valence-electron chi connectivity index (χ1n) is 6.98. The van der Waals surface area contributed by atoms with Crippen molar-refractivity contribution in [1.82, 2.24) is 5.32 Å². The van der Waals surface area contributed by atoms with E-state index in [1.165, 1.54) is 18.2 Å². The SMILES string of the molecule is NS(=O)(=O)c1ccc(CNC(=O)CCc2ccccc2F)cc1. The average molecular weight is 336 g/mol. The van der Waals surface area contributed by atoms with Crippen LogP contribution in [-0.4, -0.2) is 14.3 Å². The zero-order valence-electron chi connectivity index (χ0n) is 12.3. The van der Waals surface area contributed by atoms with Gasteiger partial charge in [0.2, 0.25) is 15.9 Å². The smallest absolute Gasteiger partial charge is 0.238 e. The molecule has 0 radical (unpaired) electrons. The molecule has 0 fully saturated rings. The monoisotopic (exact) mass is 336 g/mol. The molecule has 0 unspecified atom stereocenters. The number of nitrogens with one attached hydrogen (secondary N) is 1. The molecule has 7 heteroatoms. The molecule has 0 saturated carbocycles. The second kappa shape index (κ2) is 7.34. The van der Waals surface area contributed by atoms with Crippen molar-refractivity contribution in [2.24, 2.45) is 5.14 Å². The van der Waals surface area contributed by atoms with Crippen LogP contribution in [0.2, 0.25) is 0 Å². The number of hydrogen-bond acceptors (Lipinski definition) is 3. The number of carbonyl (C=O) groups excluding carboxylic acids is 1. The van der Waals surface area contributed by atoms with Crippen molar-refractivity contribution in [3.63, 3.8) is 0 Å². The summed E-state index contributed by atoms with van der Waals surface area (Å²) >= 11 is 0. The number of amides is 1. The van der Waals surface area contributed by atoms with Gasteiger partial charge in [-0.15, -0.1) is 0 Å². The molecule has 0 heterocycles. The Labute approximate surface area is 134 Å². The third kappa shape index (κ3) is 5.15. The van der Waals surface area contributed by atoms with E-state index in [0.29, 0.717) is 12.0 Å². The van der Waals surface area contributed by atoms with E-state index in [9.17, 15) is 17.6 Å². The van der Waals surface area contributed by atoms with Crippen molar-refractivity contribution in [2.75, 3.05) is 0 Å². The zero-order valence-corrected chi connectivity index (χ0v) is 13.1. The van der Waals surface area contributed by atoms with Gasteiger partial charge in [-0.3, -0.25) is 4.79 Å². The molecule has 122 valence electrons. The number of nitrogens with two attached hydrogens (primary N) is 1. The van der Waals surface area contributed by atoms with Crippen LogP contribution in [0.15, 0.2) is 53.4 Å². The highest BCUT2D eigenvalue weighted by molar-refractivity contribution is 7.89. The van der Waals surface area contributed by atoms with Crippen LogP contribution in [0.1, 0.15) is 17.5 Å². The number of aryl methyl sites for hydroxylation is 1. The van der Waals surface area contributed by atoms with Crippen LogP contribution in [0.25, 0.3) is 0 Å². The van der Waals surface area contributed by atoms with E-state index in [2.05, 4.69) is 5.32 Å². The maximum Gasteiger partial charge on any atom is 0.238 e. The van der Waals surface area contributed by atoms with E-state index in [0.717, 1.165) is 5.56 Å². The summed E-state index contributed by atoms with van der Waals surface area (Å²) < 4.78 is 35.7. The van der Waals surface area contributed by atoms with E-state index in [-0.39, 0.29) is 29.6 Å². The van der Waals surface area contributed by atoms with Gasteiger partial charge in [-0.1, -0.05) is 30.3 Å². The predicted octanol–water partition coefficient (Wildman–Crippen LogP) is 1.72. The number of benzene rings is 2. The van der Waals surface area contributed by atoms with Gasteiger partial charge >= 0.3 is 0 Å². The second-order valence-electron chi connectivity index (χ2n) is 5.06. The van der Waals surface area contributed by atoms with Crippen molar-refractivity contribution in [1.29, 1.82) is 0 Å². The minimum absolute atomic E-state index is 0.0205. The van der Waals surface area contributed by atoms with E-state index >= 15 is 0 Å². The first-order chi connectivity index (χ1) is 10.9. The van der Waals surface area contributed by atoms with Crippen molar-refractivity contribution >= 4 is 15.9 Å². The van der Waals surface area contributed by atoms with Gasteiger partial charge in [0.1, 0.15) is 5.82 Å². The van der Waals surface area contributed by atoms with Crippen molar-refractivity contribution in [2.45, 2.75) is 24.3 Å². The highest BCUT2D eigenvalue weighted by atomic mass is 32.2. The van der Waals surface area contributed by atoms with E-state index < -0.39 is 10.0 Å². The normalized spacial score (nSPS) is 11.2. The Kier molecular flexibility index (Phi) is 5.46. The summed E-state index contributed by atoms with van der Waals surface area (Å²) in [6.45, 7) is 0.265. The lowest BCUT2D eigenvalue weighted by atomic mass is 10.1. The van der Waals surface area contributed by atoms with Crippen molar-refractivity contribution < 1.29 is 17.6 Å². The summed E-state index contributed by atoms with van der Waals surface area (Å²) in [4.78, 5) is 11.8. The van der Waals surface area contributed by atoms with Gasteiger partial charge in [-0.05, 0) is 35.7 Å². The van der Waals surface area contributed by atoms with Gasteiger partial charge < -0.3 is 5.32 Å². The van der Waals surface area contributed by atoms with Gasteiger partial charge in [-0.25, -0.2) is 17.9 Å². The van der Waals surface area contributed by atoms with Gasteiger partial charge in [0.05, 0.1) is 4.90 Å². The van der Waals surface area contributed by atoms with E-state index in [1.807, 2.05) is 0 Å². The standard InChI is InChI=1S/C16H17FN2O3S/c17-15-4-2-1-3-13(15)7-10-16(20)19-11-12-5-8-14(9-6-12)23(18,21)22/h1-6,8-9H,7,10-11H2,(H,19,20)(H2,18,21,22). The maximum absolute atomic E-state index is 13.4. The van der Waals surface area contributed by atoms with Gasteiger partial charge in [0.15, 0.2) is 0 Å². The fraction of sp³-hybridized carbons (Fsp3) is 0.188. The first-order valence-corrected chi connectivity index (χ1v) is 8.53. The van der Waals surface area contributed by atoms with E-state index in [4.69, 9.17) is 5.14 Å². The Hall–Kier alpha value is -2.25. The lowest BCUT2D eigenvalue weighted by molar-refractivity contribution is -0.121. The number of hydrogen-bond donors (Lipinski definition) is 2. The lowest BCUT2D eigenvalue weighted by Gasteiger charge is -2.07. The van der Waals surface area contributed by atoms with Gasteiger partial charge in [0.25, 0.3) is 0 Å². The van der Waals surface area contributed by atoms with Crippen LogP contribution in [0.5, 0.6) is 0 Å². The van der Waals surface area contributed by atoms with Crippen LogP contribution < -0.4 is 10.5 Å². The quantitative estimate of drug-likeness (QED) is 0.842. The highest BCUT2D eigenvalue weighted by Crippen LogP contribution is 2.10. The Morgan fingerprint density at radius 1 is 1.09 bits per heavy atom. The molecular weight excluding hydrogens is 319 g/mol. The molecule has 23 heavy (non-hydrogen) atoms. The van der Waals surface area contributed by atoms with Crippen LogP contribution >= 0.6 is 0 Å². The molecule has 0 bridgehead atoms. The van der Waals surface area contributed by atoms with Gasteiger partial charge in [-0.2, -0.15) is 0 Å². The summed E-state index contributed by atoms with van der Waals surface area (Å²) in [5.74, 6) is -0.525. The number of sulfonamides is 1. The van der Waals surface area contributed by atoms with Crippen LogP contribution in [0.3, 0.4) is 0 Å². The number of carbonyl (C=O) groups is 1. The summed E-state index contributed by atoms with van der Waals surface area (Å²) in [6.07, 6.45) is 0.499. The minimum Gasteiger partial charge on any atom is -0.352 e. The molecule has 0 saturated heterocycles. The molecule has 0 spiro atoms. The van der Waals surface area contributed by atoms with Crippen molar-refractivity contribution in [3.8, 4) is 0 Å². The summed E-state index contributed by atoms with van der Waals surface area (Å²) in [5, 5.41) is 7.71. The molecule has 3 N–H and O–H groups in total. The topological polar surface area (TPSA) is 89.3 Å². The lowest BCUT2D eigenvalue weighted by Crippen LogP contribution is -2.23. The summed E-state index contributed by atoms with van der Waals surface area (Å²) in [5.41, 5.74) is 1.25. The first kappa shape index (κ1) is 17.1. The number of rotatable bonds is 6. The third-order valence-corrected chi connectivity index (χ3v) is 4.25. The molecule has 2 aromatic rings. The van der Waals surface area contributed by atoms with Crippen molar-refractivity contribution in [3.05, 3.63) is 65.5 Å². The van der Waals surface area contributed by atoms with Crippen LogP contribution in [0, 0.1) is 5.82 Å². The number of primary sulfonamides is 1.